The summed E-state index contributed by atoms with van der Waals surface area (Å²) in [4.78, 5) is 34.4. The lowest BCUT2D eigenvalue weighted by Crippen LogP contribution is -2.34. The van der Waals surface area contributed by atoms with E-state index in [9.17, 15) is 9.13 Å². The molecule has 86 valence electrons. The average molecular weight is 249 g/mol. The van der Waals surface area contributed by atoms with Gasteiger partial charge in [-0.25, -0.2) is 0 Å². The van der Waals surface area contributed by atoms with Crippen LogP contribution in [0.2, 0.25) is 0 Å². The summed E-state index contributed by atoms with van der Waals surface area (Å²) in [5.41, 5.74) is -2.26. The summed E-state index contributed by atoms with van der Waals surface area (Å²) in [5.74, 6) is 0. The van der Waals surface area contributed by atoms with Crippen molar-refractivity contribution in [1.29, 1.82) is 0 Å². The molecule has 0 aromatic heterocycles. The molecule has 8 nitrogen and oxygen atoms in total. The van der Waals surface area contributed by atoms with Crippen molar-refractivity contribution in [3.63, 3.8) is 0 Å². The first-order valence-corrected chi connectivity index (χ1v) is 6.93. The van der Waals surface area contributed by atoms with Crippen LogP contribution in [0.1, 0.15) is 6.92 Å². The van der Waals surface area contributed by atoms with Gasteiger partial charge in [0.15, 0.2) is 0 Å². The van der Waals surface area contributed by atoms with Gasteiger partial charge in [-0.15, -0.1) is 0 Å². The molecule has 14 heavy (non-hydrogen) atoms. The van der Waals surface area contributed by atoms with Crippen LogP contribution < -0.4 is 5.32 Å². The van der Waals surface area contributed by atoms with Crippen molar-refractivity contribution < 1.29 is 33.8 Å². The molecule has 0 amide bonds. The first kappa shape index (κ1) is 14.2. The maximum atomic E-state index is 10.6. The number of aliphatic hydroxyl groups excluding tert-OH is 1. The zero-order valence-electron chi connectivity index (χ0n) is 7.31. The Morgan fingerprint density at radius 1 is 1.14 bits per heavy atom. The molecule has 0 spiro atoms. The molecular formula is C4H13NO7P2. The lowest BCUT2D eigenvalue weighted by atomic mass is 10.4. The van der Waals surface area contributed by atoms with E-state index in [4.69, 9.17) is 24.7 Å². The minimum absolute atomic E-state index is 0.319. The van der Waals surface area contributed by atoms with Gasteiger partial charge in [0, 0.05) is 6.54 Å². The Morgan fingerprint density at radius 3 is 1.71 bits per heavy atom. The van der Waals surface area contributed by atoms with Gasteiger partial charge in [-0.05, 0) is 6.92 Å². The zero-order chi connectivity index (χ0) is 11.6. The molecule has 0 heterocycles. The molecular weight excluding hydrogens is 236 g/mol. The van der Waals surface area contributed by atoms with Gasteiger partial charge >= 0.3 is 15.2 Å². The molecule has 6 N–H and O–H groups in total. The van der Waals surface area contributed by atoms with Gasteiger partial charge in [0.1, 0.15) is 0 Å². The molecule has 0 bridgehead atoms. The van der Waals surface area contributed by atoms with E-state index in [-0.39, 0.29) is 6.54 Å². The van der Waals surface area contributed by atoms with E-state index < -0.39 is 26.8 Å². The second-order valence-electron chi connectivity index (χ2n) is 2.81. The predicted octanol–water partition coefficient (Wildman–Crippen LogP) is -1.40. The summed E-state index contributed by atoms with van der Waals surface area (Å²) in [6.07, 6.45) is -0.962. The molecule has 0 aromatic rings. The lowest BCUT2D eigenvalue weighted by Gasteiger charge is -2.21. The molecule has 0 radical (unpaired) electrons. The van der Waals surface area contributed by atoms with Crippen molar-refractivity contribution >= 4 is 15.2 Å². The van der Waals surface area contributed by atoms with Gasteiger partial charge in [0.05, 0.1) is 6.10 Å². The largest absolute Gasteiger partial charge is 0.392 e. The van der Waals surface area contributed by atoms with Crippen LogP contribution in [0.5, 0.6) is 0 Å². The summed E-state index contributed by atoms with van der Waals surface area (Å²) in [6.45, 7) is 0.990. The van der Waals surface area contributed by atoms with Crippen LogP contribution in [-0.2, 0) is 9.13 Å². The predicted molar refractivity (Wildman–Crippen MR) is 47.6 cm³/mol. The summed E-state index contributed by atoms with van der Waals surface area (Å²) >= 11 is 0. The fourth-order valence-corrected chi connectivity index (χ4v) is 2.96. The van der Waals surface area contributed by atoms with Gasteiger partial charge < -0.3 is 24.7 Å². The van der Waals surface area contributed by atoms with Crippen LogP contribution in [0.4, 0.5) is 0 Å². The molecule has 0 aliphatic carbocycles. The highest BCUT2D eigenvalue weighted by atomic mass is 31.2. The van der Waals surface area contributed by atoms with E-state index in [0.29, 0.717) is 0 Å². The molecule has 0 aromatic carbocycles. The first-order chi connectivity index (χ1) is 6.05. The number of hydrogen-bond acceptors (Lipinski definition) is 4. The Hall–Kier alpha value is 0.220. The Kier molecular flexibility index (Phi) is 4.90. The van der Waals surface area contributed by atoms with Gasteiger partial charge in [0.25, 0.3) is 0 Å². The summed E-state index contributed by atoms with van der Waals surface area (Å²) < 4.78 is 21.3. The van der Waals surface area contributed by atoms with Gasteiger partial charge in [-0.2, -0.15) is 0 Å². The average Bonchev–Trinajstić information content (AvgIpc) is 1.78. The van der Waals surface area contributed by atoms with Gasteiger partial charge in [-0.3, -0.25) is 14.4 Å². The maximum absolute atomic E-state index is 10.6. The number of hydrogen-bond donors (Lipinski definition) is 6. The Balaban J connectivity index is 4.61. The van der Waals surface area contributed by atoms with Crippen molar-refractivity contribution in [2.45, 2.75) is 18.6 Å². The molecule has 0 aliphatic heterocycles. The quantitative estimate of drug-likeness (QED) is 0.326. The lowest BCUT2D eigenvalue weighted by molar-refractivity contribution is 0.189. The van der Waals surface area contributed by atoms with Gasteiger partial charge in [-0.1, -0.05) is 0 Å². The highest BCUT2D eigenvalue weighted by Crippen LogP contribution is 2.58. The highest BCUT2D eigenvalue weighted by molar-refractivity contribution is 7.70. The molecule has 0 fully saturated rings. The number of aliphatic hydroxyl groups is 1. The fourth-order valence-electron chi connectivity index (χ4n) is 0.710. The molecule has 1 atom stereocenters. The van der Waals surface area contributed by atoms with Crippen molar-refractivity contribution in [1.82, 2.24) is 5.32 Å². The summed E-state index contributed by atoms with van der Waals surface area (Å²) in [7, 11) is -9.88. The summed E-state index contributed by atoms with van der Waals surface area (Å²) in [6, 6.07) is 0. The van der Waals surface area contributed by atoms with Crippen molar-refractivity contribution in [2.75, 3.05) is 6.54 Å². The topological polar surface area (TPSA) is 147 Å². The zero-order valence-corrected chi connectivity index (χ0v) is 9.10. The van der Waals surface area contributed by atoms with Crippen LogP contribution >= 0.6 is 15.2 Å². The molecule has 0 rings (SSSR count). The van der Waals surface area contributed by atoms with Crippen molar-refractivity contribution in [2.24, 2.45) is 0 Å². The van der Waals surface area contributed by atoms with Crippen molar-refractivity contribution in [3.8, 4) is 0 Å². The smallest absolute Gasteiger partial charge is 0.354 e. The molecule has 0 saturated heterocycles. The fraction of sp³-hybridized carbons (Fsp3) is 1.00. The van der Waals surface area contributed by atoms with E-state index in [1.165, 1.54) is 6.92 Å². The minimum atomic E-state index is -4.94. The van der Waals surface area contributed by atoms with E-state index in [2.05, 4.69) is 0 Å². The van der Waals surface area contributed by atoms with Crippen LogP contribution in [0.3, 0.4) is 0 Å². The third-order valence-corrected chi connectivity index (χ3v) is 4.68. The third kappa shape index (κ3) is 5.19. The van der Waals surface area contributed by atoms with E-state index >= 15 is 0 Å². The second-order valence-corrected chi connectivity index (χ2v) is 6.61. The monoisotopic (exact) mass is 249 g/mol. The third-order valence-electron chi connectivity index (χ3n) is 1.23. The van der Waals surface area contributed by atoms with E-state index in [1.807, 2.05) is 5.32 Å². The maximum Gasteiger partial charge on any atom is 0.354 e. The number of rotatable bonds is 5. The Labute approximate surface area is 80.3 Å². The van der Waals surface area contributed by atoms with Crippen LogP contribution in [-0.4, -0.2) is 42.9 Å². The standard InChI is InChI=1S/C4H13NO7P2/c1-3(6)2-5-4(13(7,8)9)14(10,11)12/h3-6H,2H2,1H3,(H2,7,8,9)(H2,10,11,12). The first-order valence-electron chi connectivity index (χ1n) is 3.57. The normalized spacial score (nSPS) is 15.9. The molecule has 0 aliphatic rings. The van der Waals surface area contributed by atoms with E-state index in [0.717, 1.165) is 0 Å². The molecule has 1 unspecified atom stereocenters. The number of nitrogens with one attached hydrogen (secondary N) is 1. The SMILES string of the molecule is CC(O)CNC(P(=O)(O)O)P(=O)(O)O. The van der Waals surface area contributed by atoms with Gasteiger partial charge in [0.2, 0.25) is 5.52 Å². The molecule has 10 heteroatoms. The molecule has 0 saturated carbocycles. The Morgan fingerprint density at radius 2 is 1.50 bits per heavy atom. The van der Waals surface area contributed by atoms with Crippen LogP contribution in [0.25, 0.3) is 0 Å². The van der Waals surface area contributed by atoms with Crippen molar-refractivity contribution in [3.05, 3.63) is 0 Å². The van der Waals surface area contributed by atoms with Crippen LogP contribution in [0.15, 0.2) is 0 Å². The summed E-state index contributed by atoms with van der Waals surface area (Å²) in [5, 5.41) is 10.7. The minimum Gasteiger partial charge on any atom is -0.392 e. The van der Waals surface area contributed by atoms with Crippen LogP contribution in [0, 0.1) is 0 Å². The Bertz CT molecular complexity index is 245. The highest BCUT2D eigenvalue weighted by Gasteiger charge is 2.42. The van der Waals surface area contributed by atoms with E-state index in [1.54, 1.807) is 0 Å². The second kappa shape index (κ2) is 4.83.